The molecule has 0 saturated heterocycles. The number of amides is 3. The molecule has 1 fully saturated rings. The number of nitrogens with one attached hydrogen (secondary N) is 1. The summed E-state index contributed by atoms with van der Waals surface area (Å²) < 4.78 is 5.58. The average Bonchev–Trinajstić information content (AvgIpc) is 2.66. The van der Waals surface area contributed by atoms with Crippen LogP contribution >= 0.6 is 0 Å². The van der Waals surface area contributed by atoms with Gasteiger partial charge in [-0.05, 0) is 31.4 Å². The highest BCUT2D eigenvalue weighted by molar-refractivity contribution is 5.92. The average molecular weight is 361 g/mol. The van der Waals surface area contributed by atoms with Crippen LogP contribution in [0.15, 0.2) is 24.3 Å². The first kappa shape index (κ1) is 20.1. The van der Waals surface area contributed by atoms with E-state index in [1.54, 1.807) is 19.2 Å². The van der Waals surface area contributed by atoms with Gasteiger partial charge >= 0.3 is 6.03 Å². The molecule has 6 nitrogen and oxygen atoms in total. The summed E-state index contributed by atoms with van der Waals surface area (Å²) in [6, 6.07) is 7.29. The molecule has 1 N–H and O–H groups in total. The summed E-state index contributed by atoms with van der Waals surface area (Å²) in [7, 11) is 3.48. The van der Waals surface area contributed by atoms with Crippen molar-refractivity contribution in [2.75, 3.05) is 32.6 Å². The van der Waals surface area contributed by atoms with Gasteiger partial charge in [-0.3, -0.25) is 4.79 Å². The lowest BCUT2D eigenvalue weighted by molar-refractivity contribution is -0.132. The Bertz CT molecular complexity index is 600. The van der Waals surface area contributed by atoms with Crippen molar-refractivity contribution in [3.8, 4) is 5.75 Å². The van der Waals surface area contributed by atoms with Crippen molar-refractivity contribution < 1.29 is 14.3 Å². The molecule has 0 aromatic heterocycles. The number of carbonyl (C=O) groups is 2. The van der Waals surface area contributed by atoms with Crippen molar-refractivity contribution in [2.45, 2.75) is 51.5 Å². The number of ether oxygens (including phenoxy) is 1. The molecule has 1 aliphatic rings. The first-order chi connectivity index (χ1) is 12.5. The highest BCUT2D eigenvalue weighted by atomic mass is 16.5. The molecule has 1 saturated carbocycles. The molecule has 0 unspecified atom stereocenters. The van der Waals surface area contributed by atoms with Gasteiger partial charge in [0.2, 0.25) is 5.91 Å². The summed E-state index contributed by atoms with van der Waals surface area (Å²) >= 11 is 0. The van der Waals surface area contributed by atoms with E-state index in [2.05, 4.69) is 5.32 Å². The third-order valence-electron chi connectivity index (χ3n) is 4.79. The van der Waals surface area contributed by atoms with Gasteiger partial charge in [-0.25, -0.2) is 4.79 Å². The maximum absolute atomic E-state index is 12.5. The second-order valence-electron chi connectivity index (χ2n) is 6.96. The SMILES string of the molecule is CCCOc1cccc(NC(=O)N(C)CC(=O)N(C)C2CCCCC2)c1. The molecule has 6 heteroatoms. The minimum absolute atomic E-state index is 0.0189. The van der Waals surface area contributed by atoms with E-state index < -0.39 is 0 Å². The molecule has 26 heavy (non-hydrogen) atoms. The van der Waals surface area contributed by atoms with Crippen molar-refractivity contribution in [1.29, 1.82) is 0 Å². The summed E-state index contributed by atoms with van der Waals surface area (Å²) in [5.41, 5.74) is 0.656. The van der Waals surface area contributed by atoms with Crippen LogP contribution in [-0.4, -0.2) is 55.0 Å². The zero-order valence-corrected chi connectivity index (χ0v) is 16.2. The third-order valence-corrected chi connectivity index (χ3v) is 4.79. The van der Waals surface area contributed by atoms with Crippen molar-refractivity contribution in [1.82, 2.24) is 9.80 Å². The van der Waals surface area contributed by atoms with Crippen LogP contribution in [0.5, 0.6) is 5.75 Å². The Balaban J connectivity index is 1.85. The van der Waals surface area contributed by atoms with Crippen LogP contribution in [0.3, 0.4) is 0 Å². The van der Waals surface area contributed by atoms with Crippen molar-refractivity contribution in [3.63, 3.8) is 0 Å². The standard InChI is InChI=1S/C20H31N3O3/c1-4-13-26-18-12-8-9-16(14-18)21-20(25)22(2)15-19(24)23(3)17-10-6-5-7-11-17/h8-9,12,14,17H,4-7,10-11,13,15H2,1-3H3,(H,21,25). The smallest absolute Gasteiger partial charge is 0.322 e. The van der Waals surface area contributed by atoms with E-state index in [0.717, 1.165) is 25.0 Å². The number of anilines is 1. The third kappa shape index (κ3) is 5.93. The molecule has 144 valence electrons. The number of nitrogens with zero attached hydrogens (tertiary/aromatic N) is 2. The van der Waals surface area contributed by atoms with E-state index in [-0.39, 0.29) is 18.5 Å². The lowest BCUT2D eigenvalue weighted by atomic mass is 9.94. The lowest BCUT2D eigenvalue weighted by Crippen LogP contribution is -2.45. The Labute approximate surface area is 156 Å². The molecule has 0 atom stereocenters. The number of benzene rings is 1. The van der Waals surface area contributed by atoms with E-state index in [9.17, 15) is 9.59 Å². The minimum atomic E-state index is -0.303. The lowest BCUT2D eigenvalue weighted by Gasteiger charge is -2.32. The second-order valence-corrected chi connectivity index (χ2v) is 6.96. The molecule has 3 amide bonds. The van der Waals surface area contributed by atoms with Crippen molar-refractivity contribution in [3.05, 3.63) is 24.3 Å². The largest absolute Gasteiger partial charge is 0.494 e. The number of rotatable bonds is 7. The van der Waals surface area contributed by atoms with Gasteiger partial charge < -0.3 is 19.9 Å². The normalized spacial score (nSPS) is 14.6. The topological polar surface area (TPSA) is 61.9 Å². The van der Waals surface area contributed by atoms with Gasteiger partial charge in [-0.15, -0.1) is 0 Å². The first-order valence-corrected chi connectivity index (χ1v) is 9.52. The minimum Gasteiger partial charge on any atom is -0.494 e. The molecule has 1 aromatic carbocycles. The van der Waals surface area contributed by atoms with Crippen molar-refractivity contribution >= 4 is 17.6 Å². The van der Waals surface area contributed by atoms with Crippen LogP contribution in [0.4, 0.5) is 10.5 Å². The molecule has 0 radical (unpaired) electrons. The summed E-state index contributed by atoms with van der Waals surface area (Å²) in [6.07, 6.45) is 6.65. The first-order valence-electron chi connectivity index (χ1n) is 9.52. The summed E-state index contributed by atoms with van der Waals surface area (Å²) in [5.74, 6) is 0.704. The van der Waals surface area contributed by atoms with Gasteiger partial charge in [0, 0.05) is 31.9 Å². The Hall–Kier alpha value is -2.24. The molecular formula is C20H31N3O3. The fourth-order valence-electron chi connectivity index (χ4n) is 3.16. The molecule has 1 aromatic rings. The van der Waals surface area contributed by atoms with E-state index in [4.69, 9.17) is 4.74 Å². The van der Waals surface area contributed by atoms with Crippen LogP contribution in [0.25, 0.3) is 0 Å². The van der Waals surface area contributed by atoms with E-state index >= 15 is 0 Å². The predicted molar refractivity (Wildman–Crippen MR) is 104 cm³/mol. The molecular weight excluding hydrogens is 330 g/mol. The number of hydrogen-bond acceptors (Lipinski definition) is 3. The van der Waals surface area contributed by atoms with Gasteiger partial charge in [0.05, 0.1) is 6.61 Å². The van der Waals surface area contributed by atoms with Crippen LogP contribution < -0.4 is 10.1 Å². The Morgan fingerprint density at radius 1 is 1.19 bits per heavy atom. The summed E-state index contributed by atoms with van der Waals surface area (Å²) in [6.45, 7) is 2.76. The highest BCUT2D eigenvalue weighted by Crippen LogP contribution is 2.22. The van der Waals surface area contributed by atoms with Gasteiger partial charge in [-0.2, -0.15) is 0 Å². The zero-order chi connectivity index (χ0) is 18.9. The summed E-state index contributed by atoms with van der Waals surface area (Å²) in [4.78, 5) is 28.1. The molecule has 0 spiro atoms. The van der Waals surface area contributed by atoms with E-state index in [0.29, 0.717) is 18.3 Å². The highest BCUT2D eigenvalue weighted by Gasteiger charge is 2.23. The van der Waals surface area contributed by atoms with Crippen molar-refractivity contribution in [2.24, 2.45) is 0 Å². The molecule has 1 aliphatic carbocycles. The van der Waals surface area contributed by atoms with Crippen LogP contribution in [0.2, 0.25) is 0 Å². The van der Waals surface area contributed by atoms with E-state index in [1.165, 1.54) is 24.2 Å². The maximum Gasteiger partial charge on any atom is 0.322 e. The molecule has 0 heterocycles. The van der Waals surface area contributed by atoms with Crippen LogP contribution in [-0.2, 0) is 4.79 Å². The van der Waals surface area contributed by atoms with Crippen LogP contribution in [0, 0.1) is 0 Å². The van der Waals surface area contributed by atoms with Gasteiger partial charge in [0.1, 0.15) is 12.3 Å². The monoisotopic (exact) mass is 361 g/mol. The van der Waals surface area contributed by atoms with Gasteiger partial charge in [0.25, 0.3) is 0 Å². The molecule has 0 bridgehead atoms. The van der Waals surface area contributed by atoms with Gasteiger partial charge in [0.15, 0.2) is 0 Å². The summed E-state index contributed by atoms with van der Waals surface area (Å²) in [5, 5.41) is 2.82. The fourth-order valence-corrected chi connectivity index (χ4v) is 3.16. The zero-order valence-electron chi connectivity index (χ0n) is 16.2. The fraction of sp³-hybridized carbons (Fsp3) is 0.600. The molecule has 2 rings (SSSR count). The molecule has 0 aliphatic heterocycles. The van der Waals surface area contributed by atoms with Gasteiger partial charge in [-0.1, -0.05) is 32.3 Å². The Kier molecular flexibility index (Phi) is 7.75. The second kappa shape index (κ2) is 10.0. The van der Waals surface area contributed by atoms with E-state index in [1.807, 2.05) is 31.0 Å². The van der Waals surface area contributed by atoms with Crippen LogP contribution in [0.1, 0.15) is 45.4 Å². The maximum atomic E-state index is 12.5. The number of urea groups is 1. The predicted octanol–water partition coefficient (Wildman–Crippen LogP) is 3.73. The Morgan fingerprint density at radius 3 is 2.62 bits per heavy atom. The number of carbonyl (C=O) groups excluding carboxylic acids is 2. The Morgan fingerprint density at radius 2 is 1.92 bits per heavy atom. The number of hydrogen-bond donors (Lipinski definition) is 1. The number of likely N-dealkylation sites (N-methyl/N-ethyl adjacent to an activating group) is 2. The quantitative estimate of drug-likeness (QED) is 0.805.